The number of nitrogens with one attached hydrogen (secondary N) is 1. The predicted molar refractivity (Wildman–Crippen MR) is 71.9 cm³/mol. The maximum absolute atomic E-state index is 6.17. The Labute approximate surface area is 106 Å². The van der Waals surface area contributed by atoms with Crippen molar-refractivity contribution < 1.29 is 0 Å². The zero-order valence-corrected chi connectivity index (χ0v) is 10.8. The summed E-state index contributed by atoms with van der Waals surface area (Å²) in [5.74, 6) is 1.40. The van der Waals surface area contributed by atoms with Gasteiger partial charge in [-0.05, 0) is 18.1 Å². The highest BCUT2D eigenvalue weighted by Gasteiger charge is 2.07. The van der Waals surface area contributed by atoms with Gasteiger partial charge in [-0.15, -0.1) is 0 Å². The molecule has 0 saturated carbocycles. The van der Waals surface area contributed by atoms with Crippen LogP contribution in [0, 0.1) is 5.92 Å². The van der Waals surface area contributed by atoms with Crippen LogP contribution in [0.25, 0.3) is 5.69 Å². The molecule has 0 spiro atoms. The first kappa shape index (κ1) is 12.0. The lowest BCUT2D eigenvalue weighted by molar-refractivity contribution is 0.683. The lowest BCUT2D eigenvalue weighted by Gasteiger charge is -2.12. The standard InChI is InChI=1S/C13H16ClN3/c1-10(2)9-16-13-15-7-8-17(13)12-6-4-3-5-11(12)14/h3-8,10H,9H2,1-2H3,(H,15,16). The van der Waals surface area contributed by atoms with E-state index in [0.717, 1.165) is 23.2 Å². The first-order valence-corrected chi connectivity index (χ1v) is 6.08. The molecule has 0 amide bonds. The molecule has 0 atom stereocenters. The number of anilines is 1. The molecule has 0 unspecified atom stereocenters. The van der Waals surface area contributed by atoms with E-state index < -0.39 is 0 Å². The molecule has 0 saturated heterocycles. The van der Waals surface area contributed by atoms with Gasteiger partial charge in [-0.2, -0.15) is 0 Å². The Morgan fingerprint density at radius 3 is 2.82 bits per heavy atom. The Morgan fingerprint density at radius 1 is 1.35 bits per heavy atom. The Morgan fingerprint density at radius 2 is 2.12 bits per heavy atom. The van der Waals surface area contributed by atoms with Crippen molar-refractivity contribution in [1.82, 2.24) is 9.55 Å². The third kappa shape index (κ3) is 2.80. The highest BCUT2D eigenvalue weighted by Crippen LogP contribution is 2.22. The molecule has 1 heterocycles. The number of rotatable bonds is 4. The molecule has 0 radical (unpaired) electrons. The van der Waals surface area contributed by atoms with Crippen LogP contribution in [-0.4, -0.2) is 16.1 Å². The SMILES string of the molecule is CC(C)CNc1nccn1-c1ccccc1Cl. The van der Waals surface area contributed by atoms with Crippen molar-refractivity contribution in [2.75, 3.05) is 11.9 Å². The van der Waals surface area contributed by atoms with Crippen LogP contribution in [0.1, 0.15) is 13.8 Å². The second kappa shape index (κ2) is 5.23. The number of halogens is 1. The van der Waals surface area contributed by atoms with Gasteiger partial charge in [0.15, 0.2) is 0 Å². The number of imidazole rings is 1. The van der Waals surface area contributed by atoms with Gasteiger partial charge in [0.2, 0.25) is 5.95 Å². The molecule has 1 aromatic carbocycles. The summed E-state index contributed by atoms with van der Waals surface area (Å²) in [6, 6.07) is 7.74. The first-order valence-electron chi connectivity index (χ1n) is 5.70. The number of benzene rings is 1. The smallest absolute Gasteiger partial charge is 0.207 e. The van der Waals surface area contributed by atoms with Crippen molar-refractivity contribution in [2.45, 2.75) is 13.8 Å². The van der Waals surface area contributed by atoms with Gasteiger partial charge < -0.3 is 5.32 Å². The van der Waals surface area contributed by atoms with Crippen molar-refractivity contribution in [2.24, 2.45) is 5.92 Å². The van der Waals surface area contributed by atoms with Crippen LogP contribution < -0.4 is 5.32 Å². The molecular weight excluding hydrogens is 234 g/mol. The van der Waals surface area contributed by atoms with Crippen LogP contribution in [-0.2, 0) is 0 Å². The summed E-state index contributed by atoms with van der Waals surface area (Å²) in [6.07, 6.45) is 3.68. The molecule has 90 valence electrons. The number of hydrogen-bond acceptors (Lipinski definition) is 2. The average Bonchev–Trinajstić information content (AvgIpc) is 2.75. The molecule has 17 heavy (non-hydrogen) atoms. The van der Waals surface area contributed by atoms with Crippen LogP contribution in [0.4, 0.5) is 5.95 Å². The maximum atomic E-state index is 6.17. The molecule has 4 heteroatoms. The molecule has 0 aliphatic heterocycles. The molecular formula is C13H16ClN3. The molecule has 1 N–H and O–H groups in total. The molecule has 1 aromatic heterocycles. The largest absolute Gasteiger partial charge is 0.355 e. The van der Waals surface area contributed by atoms with E-state index in [2.05, 4.69) is 24.1 Å². The highest BCUT2D eigenvalue weighted by molar-refractivity contribution is 6.32. The van der Waals surface area contributed by atoms with Crippen molar-refractivity contribution in [3.05, 3.63) is 41.7 Å². The van der Waals surface area contributed by atoms with Gasteiger partial charge in [-0.25, -0.2) is 4.98 Å². The zero-order valence-electron chi connectivity index (χ0n) is 10.0. The third-order valence-corrected chi connectivity index (χ3v) is 2.74. The summed E-state index contributed by atoms with van der Waals surface area (Å²) in [5, 5.41) is 4.03. The minimum atomic E-state index is 0.575. The molecule has 0 bridgehead atoms. The number of aromatic nitrogens is 2. The van der Waals surface area contributed by atoms with Crippen LogP contribution in [0.5, 0.6) is 0 Å². The molecule has 2 aromatic rings. The monoisotopic (exact) mass is 249 g/mol. The van der Waals surface area contributed by atoms with E-state index in [-0.39, 0.29) is 0 Å². The molecule has 0 aliphatic carbocycles. The summed E-state index contributed by atoms with van der Waals surface area (Å²) in [6.45, 7) is 5.22. The van der Waals surface area contributed by atoms with E-state index in [4.69, 9.17) is 11.6 Å². The lowest BCUT2D eigenvalue weighted by Crippen LogP contribution is -2.12. The average molecular weight is 250 g/mol. The minimum Gasteiger partial charge on any atom is -0.355 e. The summed E-state index contributed by atoms with van der Waals surface area (Å²) in [7, 11) is 0. The van der Waals surface area contributed by atoms with E-state index in [1.54, 1.807) is 6.20 Å². The zero-order chi connectivity index (χ0) is 12.3. The predicted octanol–water partition coefficient (Wildman–Crippen LogP) is 3.59. The van der Waals surface area contributed by atoms with Crippen molar-refractivity contribution >= 4 is 17.5 Å². The van der Waals surface area contributed by atoms with Gasteiger partial charge in [0.05, 0.1) is 10.7 Å². The van der Waals surface area contributed by atoms with Crippen LogP contribution >= 0.6 is 11.6 Å². The van der Waals surface area contributed by atoms with Crippen molar-refractivity contribution in [3.8, 4) is 5.69 Å². The van der Waals surface area contributed by atoms with Gasteiger partial charge in [0.25, 0.3) is 0 Å². The second-order valence-electron chi connectivity index (χ2n) is 4.35. The number of nitrogens with zero attached hydrogens (tertiary/aromatic N) is 2. The summed E-state index contributed by atoms with van der Waals surface area (Å²) >= 11 is 6.17. The number of hydrogen-bond donors (Lipinski definition) is 1. The van der Waals surface area contributed by atoms with E-state index in [1.807, 2.05) is 35.0 Å². The fourth-order valence-electron chi connectivity index (χ4n) is 1.57. The summed E-state index contributed by atoms with van der Waals surface area (Å²) in [4.78, 5) is 4.30. The maximum Gasteiger partial charge on any atom is 0.207 e. The van der Waals surface area contributed by atoms with Crippen LogP contribution in [0.15, 0.2) is 36.7 Å². The van der Waals surface area contributed by atoms with Gasteiger partial charge in [-0.1, -0.05) is 37.6 Å². The van der Waals surface area contributed by atoms with Gasteiger partial charge >= 0.3 is 0 Å². The van der Waals surface area contributed by atoms with Gasteiger partial charge in [-0.3, -0.25) is 4.57 Å². The highest BCUT2D eigenvalue weighted by atomic mass is 35.5. The molecule has 0 aliphatic rings. The van der Waals surface area contributed by atoms with Gasteiger partial charge in [0, 0.05) is 18.9 Å². The molecule has 0 fully saturated rings. The quantitative estimate of drug-likeness (QED) is 0.897. The van der Waals surface area contributed by atoms with Crippen LogP contribution in [0.3, 0.4) is 0 Å². The van der Waals surface area contributed by atoms with Gasteiger partial charge in [0.1, 0.15) is 0 Å². The van der Waals surface area contributed by atoms with E-state index in [9.17, 15) is 0 Å². The third-order valence-electron chi connectivity index (χ3n) is 2.42. The summed E-state index contributed by atoms with van der Waals surface area (Å²) < 4.78 is 1.96. The fourth-order valence-corrected chi connectivity index (χ4v) is 1.80. The Kier molecular flexibility index (Phi) is 3.69. The summed E-state index contributed by atoms with van der Waals surface area (Å²) in [5.41, 5.74) is 0.943. The minimum absolute atomic E-state index is 0.575. The van der Waals surface area contributed by atoms with Crippen molar-refractivity contribution in [1.29, 1.82) is 0 Å². The Hall–Kier alpha value is -1.48. The topological polar surface area (TPSA) is 29.9 Å². The Balaban J connectivity index is 2.28. The number of para-hydroxylation sites is 1. The van der Waals surface area contributed by atoms with Crippen LogP contribution in [0.2, 0.25) is 5.02 Å². The fraction of sp³-hybridized carbons (Fsp3) is 0.308. The van der Waals surface area contributed by atoms with E-state index in [0.29, 0.717) is 5.92 Å². The molecule has 3 nitrogen and oxygen atoms in total. The normalized spacial score (nSPS) is 10.8. The van der Waals surface area contributed by atoms with E-state index >= 15 is 0 Å². The molecule has 2 rings (SSSR count). The Bertz CT molecular complexity index is 491. The second-order valence-corrected chi connectivity index (χ2v) is 4.75. The van der Waals surface area contributed by atoms with Crippen molar-refractivity contribution in [3.63, 3.8) is 0 Å². The first-order chi connectivity index (χ1) is 8.18. The lowest BCUT2D eigenvalue weighted by atomic mass is 10.2. The van der Waals surface area contributed by atoms with E-state index in [1.165, 1.54) is 0 Å².